The van der Waals surface area contributed by atoms with Gasteiger partial charge in [-0.15, -0.1) is 0 Å². The highest BCUT2D eigenvalue weighted by Gasteiger charge is 2.34. The zero-order valence-corrected chi connectivity index (χ0v) is 11.6. The van der Waals surface area contributed by atoms with E-state index in [0.717, 1.165) is 25.9 Å². The molecule has 0 aromatic rings. The third-order valence-electron chi connectivity index (χ3n) is 3.38. The topological polar surface area (TPSA) is 70.2 Å². The van der Waals surface area contributed by atoms with Gasteiger partial charge in [0.15, 0.2) is 0 Å². The lowest BCUT2D eigenvalue weighted by Gasteiger charge is -2.32. The first-order valence-corrected chi connectivity index (χ1v) is 6.72. The summed E-state index contributed by atoms with van der Waals surface area (Å²) in [6, 6.07) is 0. The molecule has 0 spiro atoms. The molecule has 1 aliphatic rings. The van der Waals surface area contributed by atoms with Crippen LogP contribution in [-0.4, -0.2) is 38.0 Å². The molecule has 5 nitrogen and oxygen atoms in total. The van der Waals surface area contributed by atoms with Gasteiger partial charge in [0.1, 0.15) is 0 Å². The molecule has 1 saturated heterocycles. The minimum absolute atomic E-state index is 0.0132. The number of hydrogen-bond acceptors (Lipinski definition) is 3. The molecule has 3 N–H and O–H groups in total. The minimum Gasteiger partial charge on any atom is -0.354 e. The fourth-order valence-electron chi connectivity index (χ4n) is 2.03. The summed E-state index contributed by atoms with van der Waals surface area (Å²) in [6.45, 7) is 8.40. The molecule has 1 fully saturated rings. The third-order valence-corrected chi connectivity index (χ3v) is 3.38. The molecule has 18 heavy (non-hydrogen) atoms. The van der Waals surface area contributed by atoms with Gasteiger partial charge < -0.3 is 16.0 Å². The van der Waals surface area contributed by atoms with E-state index in [9.17, 15) is 9.59 Å². The molecule has 0 aromatic heterocycles. The van der Waals surface area contributed by atoms with Crippen molar-refractivity contribution in [2.24, 2.45) is 11.3 Å². The standard InChI is InChI=1S/C13H25N3O2/c1-10(2)11(17)15-7-8-16-12(18)13(3)5-4-6-14-9-13/h10,14H,4-9H2,1-3H3,(H,15,17)(H,16,18). The van der Waals surface area contributed by atoms with Crippen LogP contribution in [0.4, 0.5) is 0 Å². The number of piperidine rings is 1. The number of amides is 2. The van der Waals surface area contributed by atoms with E-state index in [2.05, 4.69) is 16.0 Å². The lowest BCUT2D eigenvalue weighted by atomic mass is 9.82. The van der Waals surface area contributed by atoms with Gasteiger partial charge in [0.25, 0.3) is 0 Å². The van der Waals surface area contributed by atoms with Gasteiger partial charge in [-0.2, -0.15) is 0 Å². The number of nitrogens with one attached hydrogen (secondary N) is 3. The molecule has 1 atom stereocenters. The largest absolute Gasteiger partial charge is 0.354 e. The van der Waals surface area contributed by atoms with Crippen LogP contribution < -0.4 is 16.0 Å². The molecule has 1 unspecified atom stereocenters. The summed E-state index contributed by atoms with van der Waals surface area (Å²) in [5.41, 5.74) is -0.305. The summed E-state index contributed by atoms with van der Waals surface area (Å²) in [4.78, 5) is 23.4. The van der Waals surface area contributed by atoms with Crippen LogP contribution in [0.2, 0.25) is 0 Å². The van der Waals surface area contributed by atoms with E-state index in [1.165, 1.54) is 0 Å². The highest BCUT2D eigenvalue weighted by Crippen LogP contribution is 2.25. The van der Waals surface area contributed by atoms with Gasteiger partial charge in [0.05, 0.1) is 5.41 Å². The monoisotopic (exact) mass is 255 g/mol. The second-order valence-electron chi connectivity index (χ2n) is 5.54. The second-order valence-corrected chi connectivity index (χ2v) is 5.54. The maximum absolute atomic E-state index is 12.0. The maximum atomic E-state index is 12.0. The van der Waals surface area contributed by atoms with Crippen LogP contribution in [0.5, 0.6) is 0 Å². The first kappa shape index (κ1) is 15.0. The van der Waals surface area contributed by atoms with Gasteiger partial charge in [0.2, 0.25) is 11.8 Å². The van der Waals surface area contributed by atoms with Crippen LogP contribution in [0.25, 0.3) is 0 Å². The van der Waals surface area contributed by atoms with E-state index < -0.39 is 0 Å². The molecule has 1 rings (SSSR count). The van der Waals surface area contributed by atoms with Crippen LogP contribution >= 0.6 is 0 Å². The number of carbonyl (C=O) groups is 2. The molecule has 0 aliphatic carbocycles. The van der Waals surface area contributed by atoms with Crippen molar-refractivity contribution in [3.8, 4) is 0 Å². The van der Waals surface area contributed by atoms with E-state index >= 15 is 0 Å². The van der Waals surface area contributed by atoms with Crippen molar-refractivity contribution in [2.75, 3.05) is 26.2 Å². The van der Waals surface area contributed by atoms with E-state index in [1.807, 2.05) is 20.8 Å². The average molecular weight is 255 g/mol. The molecule has 0 bridgehead atoms. The van der Waals surface area contributed by atoms with Gasteiger partial charge in [-0.05, 0) is 26.3 Å². The molecule has 1 heterocycles. The normalized spacial score (nSPS) is 23.8. The lowest BCUT2D eigenvalue weighted by molar-refractivity contribution is -0.131. The van der Waals surface area contributed by atoms with Crippen molar-refractivity contribution in [1.29, 1.82) is 0 Å². The van der Waals surface area contributed by atoms with Gasteiger partial charge in [-0.3, -0.25) is 9.59 Å². The molecule has 2 amide bonds. The first-order valence-electron chi connectivity index (χ1n) is 6.72. The first-order chi connectivity index (χ1) is 8.46. The van der Waals surface area contributed by atoms with Crippen molar-refractivity contribution >= 4 is 11.8 Å². The fourth-order valence-corrected chi connectivity index (χ4v) is 2.03. The molecule has 104 valence electrons. The van der Waals surface area contributed by atoms with Crippen LogP contribution in [0.1, 0.15) is 33.6 Å². The highest BCUT2D eigenvalue weighted by molar-refractivity contribution is 5.82. The van der Waals surface area contributed by atoms with Crippen LogP contribution in [-0.2, 0) is 9.59 Å². The summed E-state index contributed by atoms with van der Waals surface area (Å²) in [6.07, 6.45) is 1.96. The smallest absolute Gasteiger partial charge is 0.227 e. The van der Waals surface area contributed by atoms with Crippen molar-refractivity contribution < 1.29 is 9.59 Å². The highest BCUT2D eigenvalue weighted by atomic mass is 16.2. The Morgan fingerprint density at radius 3 is 2.50 bits per heavy atom. The van der Waals surface area contributed by atoms with E-state index in [0.29, 0.717) is 13.1 Å². The van der Waals surface area contributed by atoms with Crippen molar-refractivity contribution in [1.82, 2.24) is 16.0 Å². The zero-order valence-electron chi connectivity index (χ0n) is 11.6. The predicted molar refractivity (Wildman–Crippen MR) is 71.1 cm³/mol. The van der Waals surface area contributed by atoms with Gasteiger partial charge in [0, 0.05) is 25.6 Å². The Labute approximate surface area is 109 Å². The Balaban J connectivity index is 2.22. The third kappa shape index (κ3) is 4.29. The van der Waals surface area contributed by atoms with Crippen LogP contribution in [0, 0.1) is 11.3 Å². The SMILES string of the molecule is CC(C)C(=O)NCCNC(=O)C1(C)CCCNC1. The van der Waals surface area contributed by atoms with Gasteiger partial charge >= 0.3 is 0 Å². The molecular weight excluding hydrogens is 230 g/mol. The summed E-state index contributed by atoms with van der Waals surface area (Å²) in [7, 11) is 0. The Morgan fingerprint density at radius 1 is 1.28 bits per heavy atom. The summed E-state index contributed by atoms with van der Waals surface area (Å²) < 4.78 is 0. The Hall–Kier alpha value is -1.10. The quantitative estimate of drug-likeness (QED) is 0.617. The summed E-state index contributed by atoms with van der Waals surface area (Å²) in [5.74, 6) is 0.0871. The summed E-state index contributed by atoms with van der Waals surface area (Å²) >= 11 is 0. The molecular formula is C13H25N3O2. The fraction of sp³-hybridized carbons (Fsp3) is 0.846. The molecule has 0 radical (unpaired) electrons. The molecule has 1 aliphatic heterocycles. The Morgan fingerprint density at radius 2 is 1.94 bits per heavy atom. The van der Waals surface area contributed by atoms with E-state index in [1.54, 1.807) is 0 Å². The van der Waals surface area contributed by atoms with Crippen molar-refractivity contribution in [3.05, 3.63) is 0 Å². The van der Waals surface area contributed by atoms with Crippen LogP contribution in [0.15, 0.2) is 0 Å². The van der Waals surface area contributed by atoms with Gasteiger partial charge in [-0.25, -0.2) is 0 Å². The van der Waals surface area contributed by atoms with E-state index in [-0.39, 0.29) is 23.1 Å². The van der Waals surface area contributed by atoms with Crippen molar-refractivity contribution in [2.45, 2.75) is 33.6 Å². The number of carbonyl (C=O) groups excluding carboxylic acids is 2. The average Bonchev–Trinajstić information content (AvgIpc) is 2.34. The second kappa shape index (κ2) is 6.73. The number of hydrogen-bond donors (Lipinski definition) is 3. The van der Waals surface area contributed by atoms with Gasteiger partial charge in [-0.1, -0.05) is 13.8 Å². The zero-order chi connectivity index (χ0) is 13.6. The molecule has 0 aromatic carbocycles. The van der Waals surface area contributed by atoms with Crippen molar-refractivity contribution in [3.63, 3.8) is 0 Å². The number of rotatable bonds is 5. The lowest BCUT2D eigenvalue weighted by Crippen LogP contribution is -2.50. The van der Waals surface area contributed by atoms with Crippen LogP contribution in [0.3, 0.4) is 0 Å². The van der Waals surface area contributed by atoms with E-state index in [4.69, 9.17) is 0 Å². The molecule has 5 heteroatoms. The Kier molecular flexibility index (Phi) is 5.59. The minimum atomic E-state index is -0.305. The maximum Gasteiger partial charge on any atom is 0.227 e. The molecule has 0 saturated carbocycles. The summed E-state index contributed by atoms with van der Waals surface area (Å²) in [5, 5.41) is 8.93. The Bertz CT molecular complexity index is 297. The predicted octanol–water partition coefficient (Wildman–Crippen LogP) is 0.265.